The average Bonchev–Trinajstić information content (AvgIpc) is 2.26. The molecule has 17 heavy (non-hydrogen) atoms. The zero-order valence-electron chi connectivity index (χ0n) is 10.5. The maximum absolute atomic E-state index is 11.3. The van der Waals surface area contributed by atoms with Gasteiger partial charge >= 0.3 is 0 Å². The van der Waals surface area contributed by atoms with Crippen LogP contribution in [-0.2, 0) is 10.2 Å². The van der Waals surface area contributed by atoms with E-state index in [1.54, 1.807) is 13.1 Å². The topological polar surface area (TPSA) is 30.0 Å². The van der Waals surface area contributed by atoms with Gasteiger partial charge in [-0.1, -0.05) is 26.0 Å². The predicted molar refractivity (Wildman–Crippen MR) is 70.1 cm³/mol. The minimum atomic E-state index is -0.115. The number of fused-ring (bicyclic) bond motifs is 1. The third kappa shape index (κ3) is 2.52. The number of Topliss-reactive ketones (excluding diaryl/α,β-unsaturated/α-hetero) is 1. The molecule has 2 rings (SSSR count). The van der Waals surface area contributed by atoms with Gasteiger partial charge in [-0.2, -0.15) is 0 Å². The number of nitrogens with zero attached hydrogens (tertiary/aromatic N) is 1. The third-order valence-electron chi connectivity index (χ3n) is 3.08. The molecule has 2 heteroatoms. The van der Waals surface area contributed by atoms with E-state index >= 15 is 0 Å². The van der Waals surface area contributed by atoms with E-state index in [1.807, 2.05) is 12.1 Å². The fourth-order valence-electron chi connectivity index (χ4n) is 2.22. The molecular formula is C15H17NO. The Bertz CT molecular complexity index is 558. The lowest BCUT2D eigenvalue weighted by Gasteiger charge is -2.24. The molecule has 0 fully saturated rings. The van der Waals surface area contributed by atoms with Gasteiger partial charge in [-0.25, -0.2) is 0 Å². The Morgan fingerprint density at radius 1 is 1.29 bits per heavy atom. The van der Waals surface area contributed by atoms with Crippen LogP contribution in [0.25, 0.3) is 10.9 Å². The first-order valence-electron chi connectivity index (χ1n) is 5.84. The quantitative estimate of drug-likeness (QED) is 0.803. The first-order valence-corrected chi connectivity index (χ1v) is 5.84. The lowest BCUT2D eigenvalue weighted by atomic mass is 9.80. The van der Waals surface area contributed by atoms with E-state index in [2.05, 4.69) is 37.0 Å². The summed E-state index contributed by atoms with van der Waals surface area (Å²) in [5.74, 6) is 0.223. The molecule has 0 saturated carbocycles. The highest BCUT2D eigenvalue weighted by Crippen LogP contribution is 2.29. The van der Waals surface area contributed by atoms with Crippen molar-refractivity contribution in [2.45, 2.75) is 32.6 Å². The average molecular weight is 227 g/mol. The molecule has 2 nitrogen and oxygen atoms in total. The standard InChI is InChI=1S/C15H17NO/c1-11(17)10-15(2,3)13-6-7-14-12(9-13)5-4-8-16-14/h4-9H,10H2,1-3H3. The van der Waals surface area contributed by atoms with Crippen LogP contribution in [0.3, 0.4) is 0 Å². The number of hydrogen-bond donors (Lipinski definition) is 0. The van der Waals surface area contributed by atoms with Crippen LogP contribution in [0.5, 0.6) is 0 Å². The number of benzene rings is 1. The van der Waals surface area contributed by atoms with E-state index in [1.165, 1.54) is 5.56 Å². The summed E-state index contributed by atoms with van der Waals surface area (Å²) in [5.41, 5.74) is 2.07. The molecule has 1 aromatic heterocycles. The van der Waals surface area contributed by atoms with E-state index in [0.717, 1.165) is 10.9 Å². The molecule has 0 unspecified atom stereocenters. The molecule has 0 N–H and O–H groups in total. The van der Waals surface area contributed by atoms with Crippen LogP contribution in [0.1, 0.15) is 32.8 Å². The molecule has 0 atom stereocenters. The molecule has 0 bridgehead atoms. The van der Waals surface area contributed by atoms with E-state index in [-0.39, 0.29) is 11.2 Å². The summed E-state index contributed by atoms with van der Waals surface area (Å²) < 4.78 is 0. The van der Waals surface area contributed by atoms with Crippen molar-refractivity contribution in [2.24, 2.45) is 0 Å². The lowest BCUT2D eigenvalue weighted by Crippen LogP contribution is -2.20. The van der Waals surface area contributed by atoms with Gasteiger partial charge in [0.1, 0.15) is 5.78 Å². The monoisotopic (exact) mass is 227 g/mol. The minimum Gasteiger partial charge on any atom is -0.300 e. The fraction of sp³-hybridized carbons (Fsp3) is 0.333. The molecule has 2 aromatic rings. The Morgan fingerprint density at radius 2 is 2.06 bits per heavy atom. The van der Waals surface area contributed by atoms with Crippen LogP contribution < -0.4 is 0 Å². The SMILES string of the molecule is CC(=O)CC(C)(C)c1ccc2ncccc2c1. The summed E-state index contributed by atoms with van der Waals surface area (Å²) >= 11 is 0. The highest BCUT2D eigenvalue weighted by atomic mass is 16.1. The zero-order chi connectivity index (χ0) is 12.5. The maximum Gasteiger partial charge on any atom is 0.130 e. The van der Waals surface area contributed by atoms with Crippen LogP contribution in [0, 0.1) is 0 Å². The van der Waals surface area contributed by atoms with Crippen molar-refractivity contribution in [1.29, 1.82) is 0 Å². The van der Waals surface area contributed by atoms with Gasteiger partial charge in [0.15, 0.2) is 0 Å². The van der Waals surface area contributed by atoms with Crippen molar-refractivity contribution in [3.05, 3.63) is 42.1 Å². The second kappa shape index (κ2) is 4.28. The first kappa shape index (κ1) is 11.8. The van der Waals surface area contributed by atoms with Crippen LogP contribution in [0.15, 0.2) is 36.5 Å². The number of rotatable bonds is 3. The Balaban J connectivity index is 2.45. The van der Waals surface area contributed by atoms with Crippen molar-refractivity contribution in [3.8, 4) is 0 Å². The van der Waals surface area contributed by atoms with E-state index < -0.39 is 0 Å². The second-order valence-corrected chi connectivity index (χ2v) is 5.17. The molecule has 0 aliphatic carbocycles. The largest absolute Gasteiger partial charge is 0.300 e. The van der Waals surface area contributed by atoms with E-state index in [0.29, 0.717) is 6.42 Å². The number of hydrogen-bond acceptors (Lipinski definition) is 2. The summed E-state index contributed by atoms with van der Waals surface area (Å²) in [4.78, 5) is 15.6. The summed E-state index contributed by atoms with van der Waals surface area (Å²) in [7, 11) is 0. The molecule has 0 amide bonds. The fourth-order valence-corrected chi connectivity index (χ4v) is 2.22. The Labute approximate surface area is 102 Å². The molecule has 88 valence electrons. The van der Waals surface area contributed by atoms with Gasteiger partial charge in [0, 0.05) is 18.0 Å². The molecular weight excluding hydrogens is 210 g/mol. The first-order chi connectivity index (χ1) is 7.99. The van der Waals surface area contributed by atoms with E-state index in [4.69, 9.17) is 0 Å². The lowest BCUT2D eigenvalue weighted by molar-refractivity contribution is -0.118. The molecule has 0 aliphatic heterocycles. The van der Waals surface area contributed by atoms with Gasteiger partial charge < -0.3 is 0 Å². The number of pyridine rings is 1. The van der Waals surface area contributed by atoms with Crippen molar-refractivity contribution in [2.75, 3.05) is 0 Å². The van der Waals surface area contributed by atoms with E-state index in [9.17, 15) is 4.79 Å². The minimum absolute atomic E-state index is 0.115. The van der Waals surface area contributed by atoms with Gasteiger partial charge in [-0.15, -0.1) is 0 Å². The van der Waals surface area contributed by atoms with Crippen molar-refractivity contribution < 1.29 is 4.79 Å². The van der Waals surface area contributed by atoms with Crippen LogP contribution >= 0.6 is 0 Å². The smallest absolute Gasteiger partial charge is 0.130 e. The molecule has 0 radical (unpaired) electrons. The van der Waals surface area contributed by atoms with Crippen LogP contribution in [-0.4, -0.2) is 10.8 Å². The summed E-state index contributed by atoms with van der Waals surface area (Å²) in [5, 5.41) is 1.13. The Hall–Kier alpha value is -1.70. The molecule has 0 spiro atoms. The zero-order valence-corrected chi connectivity index (χ0v) is 10.5. The second-order valence-electron chi connectivity index (χ2n) is 5.17. The van der Waals surface area contributed by atoms with Gasteiger partial charge in [0.05, 0.1) is 5.52 Å². The molecule has 1 heterocycles. The van der Waals surface area contributed by atoms with Crippen LogP contribution in [0.2, 0.25) is 0 Å². The highest BCUT2D eigenvalue weighted by molar-refractivity contribution is 5.80. The summed E-state index contributed by atoms with van der Waals surface area (Å²) in [6.45, 7) is 5.85. The van der Waals surface area contributed by atoms with Crippen molar-refractivity contribution in [1.82, 2.24) is 4.98 Å². The van der Waals surface area contributed by atoms with Gasteiger partial charge in [-0.3, -0.25) is 9.78 Å². The predicted octanol–water partition coefficient (Wildman–Crippen LogP) is 3.49. The molecule has 0 aliphatic rings. The number of aromatic nitrogens is 1. The Morgan fingerprint density at radius 3 is 2.76 bits per heavy atom. The number of carbonyl (C=O) groups excluding carboxylic acids is 1. The maximum atomic E-state index is 11.3. The van der Waals surface area contributed by atoms with Crippen molar-refractivity contribution in [3.63, 3.8) is 0 Å². The normalized spacial score (nSPS) is 11.7. The summed E-state index contributed by atoms with van der Waals surface area (Å²) in [6, 6.07) is 10.2. The number of ketones is 1. The Kier molecular flexibility index (Phi) is 2.97. The molecule has 0 saturated heterocycles. The van der Waals surface area contributed by atoms with Crippen molar-refractivity contribution >= 4 is 16.7 Å². The molecule has 1 aromatic carbocycles. The third-order valence-corrected chi connectivity index (χ3v) is 3.08. The highest BCUT2D eigenvalue weighted by Gasteiger charge is 2.22. The van der Waals surface area contributed by atoms with Gasteiger partial charge in [-0.05, 0) is 36.1 Å². The van der Waals surface area contributed by atoms with Gasteiger partial charge in [0.25, 0.3) is 0 Å². The number of carbonyl (C=O) groups is 1. The summed E-state index contributed by atoms with van der Waals surface area (Å²) in [6.07, 6.45) is 2.36. The van der Waals surface area contributed by atoms with Crippen LogP contribution in [0.4, 0.5) is 0 Å². The van der Waals surface area contributed by atoms with Gasteiger partial charge in [0.2, 0.25) is 0 Å².